The molecule has 1 saturated heterocycles. The second kappa shape index (κ2) is 4.56. The molecule has 1 aliphatic heterocycles. The summed E-state index contributed by atoms with van der Waals surface area (Å²) in [5.41, 5.74) is 6.76. The summed E-state index contributed by atoms with van der Waals surface area (Å²) in [5.74, 6) is 1.18. The monoisotopic (exact) mass is 264 g/mol. The minimum atomic E-state index is 0.0825. The van der Waals surface area contributed by atoms with Gasteiger partial charge < -0.3 is 10.6 Å². The SMILES string of the molecule is NC1CCC2CN(C(=O)c3cccc(Cl)c3)CC12. The highest BCUT2D eigenvalue weighted by molar-refractivity contribution is 6.30. The van der Waals surface area contributed by atoms with E-state index >= 15 is 0 Å². The van der Waals surface area contributed by atoms with E-state index in [0.29, 0.717) is 22.4 Å². The lowest BCUT2D eigenvalue weighted by Crippen LogP contribution is -2.33. The fraction of sp³-hybridized carbons (Fsp3) is 0.500. The first-order valence-corrected chi connectivity index (χ1v) is 6.83. The number of amides is 1. The van der Waals surface area contributed by atoms with Gasteiger partial charge in [-0.1, -0.05) is 17.7 Å². The highest BCUT2D eigenvalue weighted by atomic mass is 35.5. The Morgan fingerprint density at radius 3 is 2.89 bits per heavy atom. The van der Waals surface area contributed by atoms with Gasteiger partial charge in [-0.15, -0.1) is 0 Å². The van der Waals surface area contributed by atoms with Crippen molar-refractivity contribution < 1.29 is 4.79 Å². The molecule has 2 N–H and O–H groups in total. The lowest BCUT2D eigenvalue weighted by atomic mass is 9.98. The maximum atomic E-state index is 12.4. The molecule has 96 valence electrons. The van der Waals surface area contributed by atoms with Gasteiger partial charge in [0.15, 0.2) is 0 Å². The normalized spacial score (nSPS) is 30.6. The fourth-order valence-electron chi connectivity index (χ4n) is 3.28. The van der Waals surface area contributed by atoms with E-state index in [1.165, 1.54) is 0 Å². The first-order valence-electron chi connectivity index (χ1n) is 6.45. The van der Waals surface area contributed by atoms with Crippen molar-refractivity contribution in [2.45, 2.75) is 18.9 Å². The highest BCUT2D eigenvalue weighted by Crippen LogP contribution is 2.37. The summed E-state index contributed by atoms with van der Waals surface area (Å²) in [6.07, 6.45) is 2.26. The van der Waals surface area contributed by atoms with Gasteiger partial charge in [0.05, 0.1) is 0 Å². The van der Waals surface area contributed by atoms with Crippen LogP contribution < -0.4 is 5.73 Å². The minimum absolute atomic E-state index is 0.0825. The van der Waals surface area contributed by atoms with Crippen LogP contribution in [0.15, 0.2) is 24.3 Å². The van der Waals surface area contributed by atoms with Crippen LogP contribution in [0.4, 0.5) is 0 Å². The fourth-order valence-corrected chi connectivity index (χ4v) is 3.47. The predicted octanol–water partition coefficient (Wildman–Crippen LogP) is 2.15. The number of hydrogen-bond donors (Lipinski definition) is 1. The molecule has 2 fully saturated rings. The average Bonchev–Trinajstić information content (AvgIpc) is 2.91. The molecule has 3 rings (SSSR count). The second-order valence-electron chi connectivity index (χ2n) is 5.39. The van der Waals surface area contributed by atoms with Crippen molar-refractivity contribution in [1.29, 1.82) is 0 Å². The molecule has 3 nitrogen and oxygen atoms in total. The van der Waals surface area contributed by atoms with Gasteiger partial charge in [-0.3, -0.25) is 4.79 Å². The molecule has 0 bridgehead atoms. The number of nitrogens with zero attached hydrogens (tertiary/aromatic N) is 1. The smallest absolute Gasteiger partial charge is 0.253 e. The van der Waals surface area contributed by atoms with Crippen LogP contribution in [0.25, 0.3) is 0 Å². The van der Waals surface area contributed by atoms with Crippen molar-refractivity contribution in [2.24, 2.45) is 17.6 Å². The van der Waals surface area contributed by atoms with Crippen LogP contribution in [0.3, 0.4) is 0 Å². The number of likely N-dealkylation sites (tertiary alicyclic amines) is 1. The van der Waals surface area contributed by atoms with E-state index in [9.17, 15) is 4.79 Å². The number of benzene rings is 1. The Labute approximate surface area is 112 Å². The summed E-state index contributed by atoms with van der Waals surface area (Å²) in [6.45, 7) is 1.65. The molecule has 0 spiro atoms. The van der Waals surface area contributed by atoms with Gasteiger partial charge in [0.25, 0.3) is 5.91 Å². The Kier molecular flexibility index (Phi) is 3.04. The van der Waals surface area contributed by atoms with Crippen LogP contribution in [0, 0.1) is 11.8 Å². The molecule has 0 radical (unpaired) electrons. The average molecular weight is 265 g/mol. The van der Waals surface area contributed by atoms with Gasteiger partial charge in [-0.2, -0.15) is 0 Å². The topological polar surface area (TPSA) is 46.3 Å². The van der Waals surface area contributed by atoms with Crippen LogP contribution in [0.5, 0.6) is 0 Å². The van der Waals surface area contributed by atoms with Crippen LogP contribution >= 0.6 is 11.6 Å². The highest BCUT2D eigenvalue weighted by Gasteiger charge is 2.42. The Hall–Kier alpha value is -1.06. The Bertz CT molecular complexity index is 477. The Morgan fingerprint density at radius 2 is 2.17 bits per heavy atom. The third kappa shape index (κ3) is 2.02. The van der Waals surface area contributed by atoms with Crippen molar-refractivity contribution in [3.8, 4) is 0 Å². The molecular formula is C14H17ClN2O. The number of fused-ring (bicyclic) bond motifs is 1. The summed E-state index contributed by atoms with van der Waals surface area (Å²) < 4.78 is 0. The standard InChI is InChI=1S/C14H17ClN2O/c15-11-3-1-2-9(6-11)14(18)17-7-10-4-5-13(16)12(10)8-17/h1-3,6,10,12-13H,4-5,7-8,16H2. The van der Waals surface area contributed by atoms with E-state index in [-0.39, 0.29) is 11.9 Å². The quantitative estimate of drug-likeness (QED) is 0.845. The van der Waals surface area contributed by atoms with Crippen molar-refractivity contribution in [2.75, 3.05) is 13.1 Å². The first kappa shape index (κ1) is 12.0. The molecule has 0 aromatic heterocycles. The lowest BCUT2D eigenvalue weighted by Gasteiger charge is -2.18. The van der Waals surface area contributed by atoms with E-state index in [2.05, 4.69) is 0 Å². The maximum absolute atomic E-state index is 12.4. The van der Waals surface area contributed by atoms with Gasteiger partial charge in [0.1, 0.15) is 0 Å². The molecule has 3 unspecified atom stereocenters. The third-order valence-corrected chi connectivity index (χ3v) is 4.51. The van der Waals surface area contributed by atoms with E-state index in [4.69, 9.17) is 17.3 Å². The lowest BCUT2D eigenvalue weighted by molar-refractivity contribution is 0.0779. The number of nitrogens with two attached hydrogens (primary N) is 1. The molecule has 3 atom stereocenters. The number of carbonyl (C=O) groups excluding carboxylic acids is 1. The van der Waals surface area contributed by atoms with Gasteiger partial charge in [-0.25, -0.2) is 0 Å². The predicted molar refractivity (Wildman–Crippen MR) is 71.5 cm³/mol. The van der Waals surface area contributed by atoms with E-state index in [1.54, 1.807) is 12.1 Å². The molecule has 1 aromatic carbocycles. The van der Waals surface area contributed by atoms with E-state index < -0.39 is 0 Å². The number of hydrogen-bond acceptors (Lipinski definition) is 2. The van der Waals surface area contributed by atoms with E-state index in [1.807, 2.05) is 17.0 Å². The van der Waals surface area contributed by atoms with Gasteiger partial charge in [-0.05, 0) is 42.9 Å². The molecular weight excluding hydrogens is 248 g/mol. The van der Waals surface area contributed by atoms with Gasteiger partial charge in [0, 0.05) is 29.7 Å². The number of halogens is 1. The maximum Gasteiger partial charge on any atom is 0.253 e. The van der Waals surface area contributed by atoms with Crippen molar-refractivity contribution in [3.63, 3.8) is 0 Å². The van der Waals surface area contributed by atoms with Crippen LogP contribution in [-0.4, -0.2) is 29.9 Å². The molecule has 2 aliphatic rings. The number of carbonyl (C=O) groups is 1. The largest absolute Gasteiger partial charge is 0.338 e. The van der Waals surface area contributed by atoms with Gasteiger partial charge >= 0.3 is 0 Å². The van der Waals surface area contributed by atoms with Crippen LogP contribution in [0.1, 0.15) is 23.2 Å². The Morgan fingerprint density at radius 1 is 1.33 bits per heavy atom. The van der Waals surface area contributed by atoms with Crippen molar-refractivity contribution >= 4 is 17.5 Å². The molecule has 4 heteroatoms. The summed E-state index contributed by atoms with van der Waals surface area (Å²) in [6, 6.07) is 7.43. The zero-order chi connectivity index (χ0) is 12.7. The zero-order valence-corrected chi connectivity index (χ0v) is 10.9. The molecule has 1 amide bonds. The molecule has 1 aliphatic carbocycles. The molecule has 1 saturated carbocycles. The van der Waals surface area contributed by atoms with Crippen LogP contribution in [-0.2, 0) is 0 Å². The zero-order valence-electron chi connectivity index (χ0n) is 10.2. The summed E-state index contributed by atoms with van der Waals surface area (Å²) in [4.78, 5) is 14.3. The van der Waals surface area contributed by atoms with E-state index in [0.717, 1.165) is 25.9 Å². The summed E-state index contributed by atoms with van der Waals surface area (Å²) in [5, 5.41) is 0.608. The second-order valence-corrected chi connectivity index (χ2v) is 5.82. The summed E-state index contributed by atoms with van der Waals surface area (Å²) >= 11 is 5.92. The van der Waals surface area contributed by atoms with Crippen LogP contribution in [0.2, 0.25) is 5.02 Å². The van der Waals surface area contributed by atoms with Gasteiger partial charge in [0.2, 0.25) is 0 Å². The summed E-state index contributed by atoms with van der Waals surface area (Å²) in [7, 11) is 0. The molecule has 1 heterocycles. The third-order valence-electron chi connectivity index (χ3n) is 4.27. The minimum Gasteiger partial charge on any atom is -0.338 e. The first-order chi connectivity index (χ1) is 8.65. The molecule has 1 aromatic rings. The van der Waals surface area contributed by atoms with Crippen molar-refractivity contribution in [1.82, 2.24) is 4.90 Å². The molecule has 18 heavy (non-hydrogen) atoms. The van der Waals surface area contributed by atoms with Crippen molar-refractivity contribution in [3.05, 3.63) is 34.9 Å². The Balaban J connectivity index is 1.75. The number of rotatable bonds is 1.